The normalized spacial score (nSPS) is 16.8. The average Bonchev–Trinajstić information content (AvgIpc) is 3.58. The van der Waals surface area contributed by atoms with Crippen LogP contribution in [0.4, 0.5) is 10.1 Å². The molecule has 1 N–H and O–H groups in total. The Hall–Kier alpha value is -2.89. The van der Waals surface area contributed by atoms with Gasteiger partial charge in [-0.3, -0.25) is 9.59 Å². The summed E-state index contributed by atoms with van der Waals surface area (Å²) in [6.07, 6.45) is 2.08. The van der Waals surface area contributed by atoms with Crippen LogP contribution in [0.15, 0.2) is 48.5 Å². The van der Waals surface area contributed by atoms with Crippen LogP contribution < -0.4 is 10.2 Å². The fourth-order valence-corrected chi connectivity index (χ4v) is 3.52. The maximum absolute atomic E-state index is 13.6. The smallest absolute Gasteiger partial charge is 0.251 e. The highest BCUT2D eigenvalue weighted by Crippen LogP contribution is 2.31. The van der Waals surface area contributed by atoms with Crippen molar-refractivity contribution in [2.75, 3.05) is 31.1 Å². The van der Waals surface area contributed by atoms with Gasteiger partial charge in [-0.2, -0.15) is 0 Å². The van der Waals surface area contributed by atoms with Crippen LogP contribution in [-0.2, 0) is 11.3 Å². The predicted octanol–water partition coefficient (Wildman–Crippen LogP) is 2.81. The summed E-state index contributed by atoms with van der Waals surface area (Å²) in [5, 5.41) is 2.75. The van der Waals surface area contributed by atoms with Crippen molar-refractivity contribution in [1.29, 1.82) is 0 Å². The number of halogens is 1. The molecule has 2 aromatic rings. The van der Waals surface area contributed by atoms with Crippen molar-refractivity contribution in [3.05, 3.63) is 65.5 Å². The van der Waals surface area contributed by atoms with E-state index in [9.17, 15) is 14.0 Å². The number of carbonyl (C=O) groups is 2. The van der Waals surface area contributed by atoms with Crippen molar-refractivity contribution in [3.8, 4) is 0 Å². The molecule has 28 heavy (non-hydrogen) atoms. The molecule has 0 spiro atoms. The van der Waals surface area contributed by atoms with Gasteiger partial charge in [-0.05, 0) is 43.2 Å². The quantitative estimate of drug-likeness (QED) is 0.867. The first kappa shape index (κ1) is 18.5. The molecule has 2 amide bonds. The van der Waals surface area contributed by atoms with E-state index in [0.717, 1.165) is 44.7 Å². The molecular formula is C22H24FN3O2. The molecule has 1 saturated carbocycles. The van der Waals surface area contributed by atoms with E-state index >= 15 is 0 Å². The van der Waals surface area contributed by atoms with Gasteiger partial charge in [0.15, 0.2) is 0 Å². The topological polar surface area (TPSA) is 52.7 Å². The van der Waals surface area contributed by atoms with E-state index < -0.39 is 0 Å². The maximum atomic E-state index is 13.6. The zero-order valence-corrected chi connectivity index (χ0v) is 15.7. The first-order valence-electron chi connectivity index (χ1n) is 9.77. The van der Waals surface area contributed by atoms with Gasteiger partial charge in [-0.15, -0.1) is 0 Å². The second-order valence-corrected chi connectivity index (χ2v) is 7.41. The fourth-order valence-electron chi connectivity index (χ4n) is 3.52. The highest BCUT2D eigenvalue weighted by molar-refractivity contribution is 5.94. The highest BCUT2D eigenvalue weighted by Gasteiger charge is 2.34. The van der Waals surface area contributed by atoms with Gasteiger partial charge in [-0.25, -0.2) is 4.39 Å². The molecule has 0 radical (unpaired) electrons. The summed E-state index contributed by atoms with van der Waals surface area (Å²) in [7, 11) is 0. The number of amides is 2. The van der Waals surface area contributed by atoms with E-state index in [1.54, 1.807) is 30.3 Å². The second kappa shape index (κ2) is 8.00. The third-order valence-corrected chi connectivity index (χ3v) is 5.41. The molecule has 2 fully saturated rings. The van der Waals surface area contributed by atoms with E-state index in [-0.39, 0.29) is 24.2 Å². The molecule has 0 bridgehead atoms. The van der Waals surface area contributed by atoms with E-state index in [0.29, 0.717) is 17.0 Å². The summed E-state index contributed by atoms with van der Waals surface area (Å²) >= 11 is 0. The standard InChI is InChI=1S/C22H24FN3O2/c23-20-4-2-1-3-18(20)15-24-21(27)16-7-9-19(10-8-16)25-11-13-26(14-12-25)22(28)17-5-6-17/h1-4,7-10,17H,5-6,11-15H2,(H,24,27). The minimum atomic E-state index is -0.322. The minimum absolute atomic E-state index is 0.157. The Kier molecular flexibility index (Phi) is 5.28. The molecule has 5 nitrogen and oxygen atoms in total. The SMILES string of the molecule is O=C(NCc1ccccc1F)c1ccc(N2CCN(C(=O)C3CC3)CC2)cc1. The van der Waals surface area contributed by atoms with Gasteiger partial charge in [0.2, 0.25) is 5.91 Å². The summed E-state index contributed by atoms with van der Waals surface area (Å²) in [5.74, 6) is 0.0299. The third kappa shape index (κ3) is 4.16. The molecule has 2 aromatic carbocycles. The van der Waals surface area contributed by atoms with Crippen LogP contribution in [0.1, 0.15) is 28.8 Å². The van der Waals surface area contributed by atoms with Crippen LogP contribution in [0.25, 0.3) is 0 Å². The number of nitrogens with zero attached hydrogens (tertiary/aromatic N) is 2. The first-order valence-corrected chi connectivity index (χ1v) is 9.77. The number of piperazine rings is 1. The van der Waals surface area contributed by atoms with Crippen molar-refractivity contribution in [2.45, 2.75) is 19.4 Å². The average molecular weight is 381 g/mol. The number of hydrogen-bond donors (Lipinski definition) is 1. The van der Waals surface area contributed by atoms with Crippen molar-refractivity contribution in [2.24, 2.45) is 5.92 Å². The van der Waals surface area contributed by atoms with E-state index in [4.69, 9.17) is 0 Å². The molecule has 1 aliphatic heterocycles. The Balaban J connectivity index is 1.30. The monoisotopic (exact) mass is 381 g/mol. The van der Waals surface area contributed by atoms with Crippen molar-refractivity contribution in [1.82, 2.24) is 10.2 Å². The Bertz CT molecular complexity index is 856. The van der Waals surface area contributed by atoms with Crippen LogP contribution in [0.3, 0.4) is 0 Å². The molecule has 0 atom stereocenters. The Morgan fingerprint density at radius 2 is 1.64 bits per heavy atom. The van der Waals surface area contributed by atoms with E-state index in [1.807, 2.05) is 17.0 Å². The van der Waals surface area contributed by atoms with Gasteiger partial charge < -0.3 is 15.1 Å². The van der Waals surface area contributed by atoms with Crippen molar-refractivity contribution in [3.63, 3.8) is 0 Å². The van der Waals surface area contributed by atoms with Gasteiger partial charge in [0.1, 0.15) is 5.82 Å². The van der Waals surface area contributed by atoms with Gasteiger partial charge in [0.25, 0.3) is 5.91 Å². The van der Waals surface area contributed by atoms with E-state index in [1.165, 1.54) is 6.07 Å². The summed E-state index contributed by atoms with van der Waals surface area (Å²) in [6.45, 7) is 3.26. The molecule has 2 aliphatic rings. The molecule has 0 unspecified atom stereocenters. The zero-order valence-electron chi connectivity index (χ0n) is 15.7. The zero-order chi connectivity index (χ0) is 19.5. The van der Waals surface area contributed by atoms with Crippen LogP contribution in [0.5, 0.6) is 0 Å². The molecule has 146 valence electrons. The lowest BCUT2D eigenvalue weighted by atomic mass is 10.1. The van der Waals surface area contributed by atoms with Crippen molar-refractivity contribution >= 4 is 17.5 Å². The first-order chi connectivity index (χ1) is 13.6. The lowest BCUT2D eigenvalue weighted by Crippen LogP contribution is -2.49. The summed E-state index contributed by atoms with van der Waals surface area (Å²) in [6, 6.07) is 13.8. The van der Waals surface area contributed by atoms with Crippen LogP contribution in [0, 0.1) is 11.7 Å². The predicted molar refractivity (Wildman–Crippen MR) is 106 cm³/mol. The molecule has 6 heteroatoms. The molecule has 1 heterocycles. The number of carbonyl (C=O) groups excluding carboxylic acids is 2. The van der Waals surface area contributed by atoms with Crippen LogP contribution in [0.2, 0.25) is 0 Å². The molecule has 1 aliphatic carbocycles. The molecule has 0 aromatic heterocycles. The fraction of sp³-hybridized carbons (Fsp3) is 0.364. The number of benzene rings is 2. The lowest BCUT2D eigenvalue weighted by Gasteiger charge is -2.36. The van der Waals surface area contributed by atoms with Gasteiger partial charge >= 0.3 is 0 Å². The lowest BCUT2D eigenvalue weighted by molar-refractivity contribution is -0.132. The van der Waals surface area contributed by atoms with Crippen LogP contribution in [-0.4, -0.2) is 42.9 Å². The van der Waals surface area contributed by atoms with Crippen molar-refractivity contribution < 1.29 is 14.0 Å². The Morgan fingerprint density at radius 3 is 2.29 bits per heavy atom. The van der Waals surface area contributed by atoms with Crippen LogP contribution >= 0.6 is 0 Å². The number of nitrogens with one attached hydrogen (secondary N) is 1. The molecular weight excluding hydrogens is 357 g/mol. The Labute approximate surface area is 164 Å². The minimum Gasteiger partial charge on any atom is -0.368 e. The molecule has 1 saturated heterocycles. The van der Waals surface area contributed by atoms with Gasteiger partial charge in [0.05, 0.1) is 0 Å². The van der Waals surface area contributed by atoms with Gasteiger partial charge in [-0.1, -0.05) is 18.2 Å². The maximum Gasteiger partial charge on any atom is 0.251 e. The largest absolute Gasteiger partial charge is 0.368 e. The third-order valence-electron chi connectivity index (χ3n) is 5.41. The number of hydrogen-bond acceptors (Lipinski definition) is 3. The van der Waals surface area contributed by atoms with Gasteiger partial charge in [0, 0.05) is 55.5 Å². The Morgan fingerprint density at radius 1 is 0.964 bits per heavy atom. The highest BCUT2D eigenvalue weighted by atomic mass is 19.1. The summed E-state index contributed by atoms with van der Waals surface area (Å²) in [5.41, 5.74) is 2.05. The summed E-state index contributed by atoms with van der Waals surface area (Å²) < 4.78 is 13.6. The number of rotatable bonds is 5. The second-order valence-electron chi connectivity index (χ2n) is 7.41. The summed E-state index contributed by atoms with van der Waals surface area (Å²) in [4.78, 5) is 28.7. The van der Waals surface area contributed by atoms with E-state index in [2.05, 4.69) is 10.2 Å². The molecule has 4 rings (SSSR count). The number of anilines is 1.